The molecule has 0 spiro atoms. The molecular formula is C29H33NO6. The normalized spacial score (nSPS) is 18.8. The van der Waals surface area contributed by atoms with Gasteiger partial charge in [0.1, 0.15) is 6.61 Å². The molecule has 0 saturated heterocycles. The van der Waals surface area contributed by atoms with Crippen LogP contribution in [0.15, 0.2) is 65.0 Å². The van der Waals surface area contributed by atoms with Gasteiger partial charge in [-0.05, 0) is 42.0 Å². The topological polar surface area (TPSA) is 83.1 Å². The standard InChI is InChI=1S/C29H33NO6/c1-17-24(28(32)36-16-18-10-8-7-9-11-18)25(26-20(30-17)14-29(2,3)15-21(26)31)19-12-22(33-4)27(35-6)23(13-19)34-5/h7-13,25,30H,14-16H2,1-6H3. The van der Waals surface area contributed by atoms with Gasteiger partial charge in [0, 0.05) is 29.3 Å². The molecule has 0 radical (unpaired) electrons. The van der Waals surface area contributed by atoms with E-state index in [2.05, 4.69) is 19.2 Å². The van der Waals surface area contributed by atoms with Crippen LogP contribution in [-0.4, -0.2) is 33.1 Å². The van der Waals surface area contributed by atoms with Gasteiger partial charge in [-0.15, -0.1) is 0 Å². The zero-order valence-corrected chi connectivity index (χ0v) is 21.7. The maximum absolute atomic E-state index is 13.6. The van der Waals surface area contributed by atoms with Crippen molar-refractivity contribution in [2.45, 2.75) is 46.1 Å². The van der Waals surface area contributed by atoms with Gasteiger partial charge in [-0.1, -0.05) is 44.2 Å². The quantitative estimate of drug-likeness (QED) is 0.542. The fraction of sp³-hybridized carbons (Fsp3) is 0.379. The van der Waals surface area contributed by atoms with Gasteiger partial charge in [0.2, 0.25) is 5.75 Å². The second kappa shape index (κ2) is 10.1. The maximum Gasteiger partial charge on any atom is 0.337 e. The Kier molecular flexibility index (Phi) is 7.11. The summed E-state index contributed by atoms with van der Waals surface area (Å²) in [5, 5.41) is 3.36. The van der Waals surface area contributed by atoms with Crippen LogP contribution in [0.1, 0.15) is 50.7 Å². The van der Waals surface area contributed by atoms with Crippen LogP contribution >= 0.6 is 0 Å². The number of carbonyl (C=O) groups is 2. The van der Waals surface area contributed by atoms with E-state index in [9.17, 15) is 9.59 Å². The zero-order valence-electron chi connectivity index (χ0n) is 21.7. The van der Waals surface area contributed by atoms with Gasteiger partial charge in [-0.2, -0.15) is 0 Å². The number of hydrogen-bond donors (Lipinski definition) is 1. The van der Waals surface area contributed by atoms with Gasteiger partial charge in [0.25, 0.3) is 0 Å². The van der Waals surface area contributed by atoms with Crippen LogP contribution in [0.2, 0.25) is 0 Å². The van der Waals surface area contributed by atoms with E-state index in [0.29, 0.717) is 52.5 Å². The van der Waals surface area contributed by atoms with Crippen molar-refractivity contribution in [2.24, 2.45) is 5.41 Å². The summed E-state index contributed by atoms with van der Waals surface area (Å²) in [6.07, 6.45) is 1.08. The molecule has 1 heterocycles. The van der Waals surface area contributed by atoms with Gasteiger partial charge >= 0.3 is 5.97 Å². The summed E-state index contributed by atoms with van der Waals surface area (Å²) in [4.78, 5) is 27.1. The number of dihydropyridines is 1. The molecule has 0 fully saturated rings. The van der Waals surface area contributed by atoms with Crippen molar-refractivity contribution in [3.8, 4) is 17.2 Å². The summed E-state index contributed by atoms with van der Waals surface area (Å²) in [6, 6.07) is 13.1. The van der Waals surface area contributed by atoms with Crippen molar-refractivity contribution >= 4 is 11.8 Å². The first-order valence-corrected chi connectivity index (χ1v) is 11.9. The van der Waals surface area contributed by atoms with Crippen LogP contribution in [0.4, 0.5) is 0 Å². The highest BCUT2D eigenvalue weighted by molar-refractivity contribution is 6.04. The molecule has 36 heavy (non-hydrogen) atoms. The summed E-state index contributed by atoms with van der Waals surface area (Å²) < 4.78 is 22.4. The van der Waals surface area contributed by atoms with Crippen LogP contribution in [0.5, 0.6) is 17.2 Å². The number of hydrogen-bond acceptors (Lipinski definition) is 7. The Morgan fingerprint density at radius 2 is 1.64 bits per heavy atom. The largest absolute Gasteiger partial charge is 0.493 e. The third-order valence-corrected chi connectivity index (χ3v) is 6.69. The second-order valence-electron chi connectivity index (χ2n) is 9.95. The van der Waals surface area contributed by atoms with E-state index in [-0.39, 0.29) is 17.8 Å². The molecule has 1 aliphatic heterocycles. The Balaban J connectivity index is 1.84. The monoisotopic (exact) mass is 491 g/mol. The summed E-state index contributed by atoms with van der Waals surface area (Å²) >= 11 is 0. The predicted octanol–water partition coefficient (Wildman–Crippen LogP) is 5.06. The first-order chi connectivity index (χ1) is 17.2. The number of Topliss-reactive ketones (excluding diaryl/α,β-unsaturated/α-hetero) is 1. The molecule has 1 atom stereocenters. The van der Waals surface area contributed by atoms with E-state index in [1.165, 1.54) is 7.11 Å². The van der Waals surface area contributed by atoms with E-state index < -0.39 is 11.9 Å². The molecule has 0 bridgehead atoms. The third kappa shape index (κ3) is 4.83. The third-order valence-electron chi connectivity index (χ3n) is 6.69. The van der Waals surface area contributed by atoms with E-state index >= 15 is 0 Å². The molecule has 2 aliphatic rings. The fourth-order valence-corrected chi connectivity index (χ4v) is 5.11. The lowest BCUT2D eigenvalue weighted by atomic mass is 9.68. The molecule has 2 aromatic carbocycles. The van der Waals surface area contributed by atoms with Gasteiger partial charge < -0.3 is 24.3 Å². The Bertz CT molecular complexity index is 1220. The highest BCUT2D eigenvalue weighted by Crippen LogP contribution is 2.49. The Hall–Kier alpha value is -3.74. The molecule has 0 aromatic heterocycles. The lowest BCUT2D eigenvalue weighted by molar-refractivity contribution is -0.140. The van der Waals surface area contributed by atoms with Crippen LogP contribution in [0, 0.1) is 5.41 Å². The molecule has 4 rings (SSSR count). The van der Waals surface area contributed by atoms with Crippen LogP contribution < -0.4 is 19.5 Å². The number of allylic oxidation sites excluding steroid dienone is 3. The predicted molar refractivity (Wildman–Crippen MR) is 136 cm³/mol. The Labute approximate surface area is 212 Å². The number of methoxy groups -OCH3 is 3. The number of esters is 1. The molecule has 7 nitrogen and oxygen atoms in total. The SMILES string of the molecule is COc1cc(C2C(C(=O)OCc3ccccc3)=C(C)NC3=C2C(=O)CC(C)(C)C3)cc(OC)c1OC. The molecule has 190 valence electrons. The smallest absolute Gasteiger partial charge is 0.337 e. The number of rotatable bonds is 7. The first kappa shape index (κ1) is 25.4. The van der Waals surface area contributed by atoms with Crippen LogP contribution in [-0.2, 0) is 20.9 Å². The fourth-order valence-electron chi connectivity index (χ4n) is 5.11. The summed E-state index contributed by atoms with van der Waals surface area (Å²) in [7, 11) is 4.62. The molecule has 1 unspecified atom stereocenters. The lowest BCUT2D eigenvalue weighted by Gasteiger charge is -2.39. The average molecular weight is 492 g/mol. The molecule has 0 saturated carbocycles. The first-order valence-electron chi connectivity index (χ1n) is 11.9. The van der Waals surface area contributed by atoms with Gasteiger partial charge in [-0.25, -0.2) is 4.79 Å². The van der Waals surface area contributed by atoms with Crippen molar-refractivity contribution in [1.82, 2.24) is 5.32 Å². The maximum atomic E-state index is 13.6. The lowest BCUT2D eigenvalue weighted by Crippen LogP contribution is -2.38. The zero-order chi connectivity index (χ0) is 26.0. The molecule has 1 N–H and O–H groups in total. The molecule has 2 aromatic rings. The Morgan fingerprint density at radius 3 is 2.22 bits per heavy atom. The van der Waals surface area contributed by atoms with Crippen LogP contribution in [0.3, 0.4) is 0 Å². The molecule has 7 heteroatoms. The van der Waals surface area contributed by atoms with Crippen molar-refractivity contribution in [3.63, 3.8) is 0 Å². The second-order valence-corrected chi connectivity index (χ2v) is 9.95. The Morgan fingerprint density at radius 1 is 1.00 bits per heavy atom. The highest BCUT2D eigenvalue weighted by Gasteiger charge is 2.43. The van der Waals surface area contributed by atoms with Gasteiger partial charge in [0.15, 0.2) is 17.3 Å². The van der Waals surface area contributed by atoms with Crippen molar-refractivity contribution < 1.29 is 28.5 Å². The summed E-state index contributed by atoms with van der Waals surface area (Å²) in [5.41, 5.74) is 3.87. The minimum absolute atomic E-state index is 0.00774. The summed E-state index contributed by atoms with van der Waals surface area (Å²) in [6.45, 7) is 6.13. The van der Waals surface area contributed by atoms with E-state index in [1.807, 2.05) is 37.3 Å². The van der Waals surface area contributed by atoms with Crippen molar-refractivity contribution in [2.75, 3.05) is 21.3 Å². The molecular weight excluding hydrogens is 458 g/mol. The van der Waals surface area contributed by atoms with E-state index in [1.54, 1.807) is 26.4 Å². The number of ketones is 1. The number of benzene rings is 2. The van der Waals surface area contributed by atoms with Gasteiger partial charge in [0.05, 0.1) is 26.9 Å². The van der Waals surface area contributed by atoms with Crippen molar-refractivity contribution in [3.05, 3.63) is 76.1 Å². The van der Waals surface area contributed by atoms with E-state index in [0.717, 1.165) is 11.3 Å². The van der Waals surface area contributed by atoms with E-state index in [4.69, 9.17) is 18.9 Å². The minimum atomic E-state index is -0.637. The number of ether oxygens (including phenoxy) is 4. The number of carbonyl (C=O) groups excluding carboxylic acids is 2. The highest BCUT2D eigenvalue weighted by atomic mass is 16.5. The average Bonchev–Trinajstić information content (AvgIpc) is 2.85. The molecule has 1 aliphatic carbocycles. The van der Waals surface area contributed by atoms with Crippen LogP contribution in [0.25, 0.3) is 0 Å². The minimum Gasteiger partial charge on any atom is -0.493 e. The number of nitrogens with one attached hydrogen (secondary N) is 1. The van der Waals surface area contributed by atoms with Crippen molar-refractivity contribution in [1.29, 1.82) is 0 Å². The summed E-state index contributed by atoms with van der Waals surface area (Å²) in [5.74, 6) is 0.232. The van der Waals surface area contributed by atoms with Gasteiger partial charge in [-0.3, -0.25) is 4.79 Å². The molecule has 0 amide bonds.